The minimum absolute atomic E-state index is 0.0443. The molecule has 5 atom stereocenters. The van der Waals surface area contributed by atoms with Crippen molar-refractivity contribution < 1.29 is 61.1 Å². The Kier molecular flexibility index (Phi) is 11.0. The fourth-order valence-corrected chi connectivity index (χ4v) is 7.70. The van der Waals surface area contributed by atoms with Crippen LogP contribution in [0.15, 0.2) is 17.6 Å². The van der Waals surface area contributed by atoms with Crippen LogP contribution in [0.2, 0.25) is 0 Å². The van der Waals surface area contributed by atoms with Gasteiger partial charge in [0, 0.05) is 23.6 Å². The maximum Gasteiger partial charge on any atom is 0.490 e. The molecule has 6 N–H and O–H groups in total. The lowest BCUT2D eigenvalue weighted by molar-refractivity contribution is -0.119. The standard InChI is InChI=1S/C17H19Cl2N2O13P3S2/c18-15(19)16(23)20-4-1-2-9-7-21(17(38)14-10(9)3-5-39-14)13-6-11(22)12(32-13)8-31-36(27,28)34-37(29,30)33-35(24,25)26/h3,5,7,11-13,15,22H,4,6,8H2,(H,20,23)(H,27,28)(H,29,30)(H2,24,25,26)/t11?,12-,13-/m1/s1. The van der Waals surface area contributed by atoms with Crippen molar-refractivity contribution in [1.82, 2.24) is 9.88 Å². The lowest BCUT2D eigenvalue weighted by Crippen LogP contribution is -2.28. The predicted octanol–water partition coefficient (Wildman–Crippen LogP) is 2.70. The highest BCUT2D eigenvalue weighted by molar-refractivity contribution is 7.71. The molecule has 1 amide bonds. The zero-order valence-electron chi connectivity index (χ0n) is 19.0. The Morgan fingerprint density at radius 1 is 1.26 bits per heavy atom. The molecule has 0 radical (unpaired) electrons. The number of hydrogen-bond acceptors (Lipinski definition) is 11. The summed E-state index contributed by atoms with van der Waals surface area (Å²) in [5.41, 5.74) is 0.511. The number of thiophene rings is 1. The first-order chi connectivity index (χ1) is 18.0. The van der Waals surface area contributed by atoms with Crippen molar-refractivity contribution in [1.29, 1.82) is 0 Å². The van der Waals surface area contributed by atoms with E-state index in [4.69, 9.17) is 49.9 Å². The largest absolute Gasteiger partial charge is 0.490 e. The summed E-state index contributed by atoms with van der Waals surface area (Å²) in [4.78, 5) is 46.3. The second-order valence-corrected chi connectivity index (χ2v) is 14.4. The molecule has 0 aromatic carbocycles. The van der Waals surface area contributed by atoms with E-state index in [9.17, 15) is 33.4 Å². The molecule has 39 heavy (non-hydrogen) atoms. The van der Waals surface area contributed by atoms with E-state index in [1.54, 1.807) is 17.6 Å². The summed E-state index contributed by atoms with van der Waals surface area (Å²) in [5, 5.41) is 15.4. The summed E-state index contributed by atoms with van der Waals surface area (Å²) in [7, 11) is -16.6. The Hall–Kier alpha value is -0.730. The molecule has 1 aliphatic heterocycles. The van der Waals surface area contributed by atoms with E-state index < -0.39 is 59.3 Å². The lowest BCUT2D eigenvalue weighted by Gasteiger charge is -2.20. The van der Waals surface area contributed by atoms with Crippen LogP contribution in [0.1, 0.15) is 18.2 Å². The van der Waals surface area contributed by atoms with Crippen LogP contribution < -0.4 is 5.32 Å². The third-order valence-corrected chi connectivity index (χ3v) is 10.4. The van der Waals surface area contributed by atoms with Crippen molar-refractivity contribution >= 4 is 86.2 Å². The number of amides is 1. The molecule has 2 aromatic rings. The SMILES string of the molecule is O=C(NCC#Cc1cn([C@H]2CC(O)[C@@H](COP(=O)(O)OP(=O)(O)OP(=O)(O)O)O2)c(=S)c2sccc12)C(Cl)Cl. The second kappa shape index (κ2) is 13.1. The number of carbonyl (C=O) groups is 1. The molecule has 3 rings (SSSR count). The van der Waals surface area contributed by atoms with E-state index in [0.29, 0.717) is 14.9 Å². The fourth-order valence-electron chi connectivity index (χ4n) is 3.24. The fraction of sp³-hybridized carbons (Fsp3) is 0.412. The minimum atomic E-state index is -5.69. The average Bonchev–Trinajstić information content (AvgIpc) is 3.41. The molecule has 3 unspecified atom stereocenters. The molecule has 3 heterocycles. The lowest BCUT2D eigenvalue weighted by atomic mass is 10.1. The highest BCUT2D eigenvalue weighted by Gasteiger charge is 2.43. The van der Waals surface area contributed by atoms with Crippen LogP contribution >= 0.6 is 70.2 Å². The number of halogens is 2. The maximum absolute atomic E-state index is 12.0. The maximum atomic E-state index is 12.0. The van der Waals surface area contributed by atoms with Gasteiger partial charge in [0.1, 0.15) is 17.0 Å². The predicted molar refractivity (Wildman–Crippen MR) is 140 cm³/mol. The highest BCUT2D eigenvalue weighted by atomic mass is 35.5. The Balaban J connectivity index is 1.74. The molecule has 0 bridgehead atoms. The van der Waals surface area contributed by atoms with Crippen molar-refractivity contribution in [2.24, 2.45) is 0 Å². The van der Waals surface area contributed by atoms with Gasteiger partial charge < -0.3 is 39.3 Å². The number of aliphatic hydroxyl groups excluding tert-OH is 1. The molecule has 0 spiro atoms. The van der Waals surface area contributed by atoms with Crippen LogP contribution in [-0.2, 0) is 36.4 Å². The van der Waals surface area contributed by atoms with Crippen molar-refractivity contribution in [2.45, 2.75) is 29.7 Å². The Morgan fingerprint density at radius 2 is 1.95 bits per heavy atom. The van der Waals surface area contributed by atoms with E-state index in [0.717, 1.165) is 5.39 Å². The van der Waals surface area contributed by atoms with Crippen LogP contribution in [0.25, 0.3) is 10.1 Å². The second-order valence-electron chi connectivity index (χ2n) is 7.56. The first-order valence-electron chi connectivity index (χ1n) is 10.3. The first-order valence-corrected chi connectivity index (χ1v) is 16.9. The Morgan fingerprint density at radius 3 is 2.59 bits per heavy atom. The number of aliphatic hydroxyl groups is 1. The van der Waals surface area contributed by atoms with Gasteiger partial charge in [-0.3, -0.25) is 9.32 Å². The molecular formula is C17H19Cl2N2O13P3S2. The summed E-state index contributed by atoms with van der Waals surface area (Å²) in [5.74, 6) is 5.06. The van der Waals surface area contributed by atoms with E-state index >= 15 is 0 Å². The number of pyridine rings is 1. The molecule has 0 saturated carbocycles. The van der Waals surface area contributed by atoms with Crippen LogP contribution in [0.4, 0.5) is 0 Å². The van der Waals surface area contributed by atoms with E-state index in [2.05, 4.69) is 30.3 Å². The van der Waals surface area contributed by atoms with Crippen LogP contribution in [-0.4, -0.2) is 65.4 Å². The summed E-state index contributed by atoms with van der Waals surface area (Å²) in [6.45, 7) is -0.873. The number of hydrogen-bond donors (Lipinski definition) is 6. The van der Waals surface area contributed by atoms with Crippen molar-refractivity contribution in [3.63, 3.8) is 0 Å². The number of phosphoric ester groups is 1. The van der Waals surface area contributed by atoms with Gasteiger partial charge in [-0.15, -0.1) is 11.3 Å². The molecule has 2 aromatic heterocycles. The number of ether oxygens (including phenoxy) is 1. The van der Waals surface area contributed by atoms with Gasteiger partial charge in [0.2, 0.25) is 0 Å². The van der Waals surface area contributed by atoms with Gasteiger partial charge in [-0.05, 0) is 11.4 Å². The van der Waals surface area contributed by atoms with Gasteiger partial charge in [-0.2, -0.15) is 8.62 Å². The Labute approximate surface area is 239 Å². The van der Waals surface area contributed by atoms with Crippen LogP contribution in [0.3, 0.4) is 0 Å². The third-order valence-electron chi connectivity index (χ3n) is 4.76. The number of rotatable bonds is 10. The van der Waals surface area contributed by atoms with Gasteiger partial charge in [-0.25, -0.2) is 13.7 Å². The monoisotopic (exact) mass is 686 g/mol. The van der Waals surface area contributed by atoms with Gasteiger partial charge in [0.25, 0.3) is 5.91 Å². The number of aromatic nitrogens is 1. The quantitative estimate of drug-likeness (QED) is 0.0915. The number of nitrogens with one attached hydrogen (secondary N) is 1. The van der Waals surface area contributed by atoms with Crippen LogP contribution in [0.5, 0.6) is 0 Å². The van der Waals surface area contributed by atoms with E-state index in [1.807, 2.05) is 0 Å². The molecule has 1 aliphatic rings. The molecule has 1 saturated heterocycles. The zero-order valence-corrected chi connectivity index (χ0v) is 24.9. The van der Waals surface area contributed by atoms with Crippen LogP contribution in [0, 0.1) is 16.5 Å². The number of nitrogens with zero attached hydrogens (tertiary/aromatic N) is 1. The van der Waals surface area contributed by atoms with Gasteiger partial charge >= 0.3 is 23.5 Å². The summed E-state index contributed by atoms with van der Waals surface area (Å²) in [6, 6.07) is 1.80. The summed E-state index contributed by atoms with van der Waals surface area (Å²) >= 11 is 17.8. The van der Waals surface area contributed by atoms with Crippen molar-refractivity contribution in [3.8, 4) is 11.8 Å². The molecule has 1 fully saturated rings. The van der Waals surface area contributed by atoms with Crippen molar-refractivity contribution in [2.75, 3.05) is 13.2 Å². The van der Waals surface area contributed by atoms with Crippen molar-refractivity contribution in [3.05, 3.63) is 27.8 Å². The first kappa shape index (κ1) is 32.8. The third kappa shape index (κ3) is 9.39. The van der Waals surface area contributed by atoms with E-state index in [1.165, 1.54) is 15.9 Å². The minimum Gasteiger partial charge on any atom is -0.390 e. The molecule has 15 nitrogen and oxygen atoms in total. The number of phosphoric acid groups is 3. The number of alkyl halides is 2. The summed E-state index contributed by atoms with van der Waals surface area (Å²) in [6.07, 6.45) is -1.87. The average molecular weight is 687 g/mol. The topological polar surface area (TPSA) is 223 Å². The zero-order chi connectivity index (χ0) is 29.2. The number of fused-ring (bicyclic) bond motifs is 1. The summed E-state index contributed by atoms with van der Waals surface area (Å²) < 4.78 is 54.3. The van der Waals surface area contributed by atoms with Gasteiger partial charge in [0.05, 0.1) is 24.0 Å². The number of carbonyl (C=O) groups excluding carboxylic acids is 1. The highest BCUT2D eigenvalue weighted by Crippen LogP contribution is 2.66. The normalized spacial score (nSPS) is 22.7. The molecule has 216 valence electrons. The van der Waals surface area contributed by atoms with Gasteiger partial charge in [0.15, 0.2) is 4.84 Å². The molecule has 0 aliphatic carbocycles. The Bertz CT molecular complexity index is 1500. The van der Waals surface area contributed by atoms with E-state index in [-0.39, 0.29) is 13.0 Å². The van der Waals surface area contributed by atoms with Gasteiger partial charge in [-0.1, -0.05) is 47.3 Å². The molecular weight excluding hydrogens is 668 g/mol. The smallest absolute Gasteiger partial charge is 0.390 e. The molecule has 22 heteroatoms.